The Morgan fingerprint density at radius 1 is 1.28 bits per heavy atom. The molecule has 0 spiro atoms. The van der Waals surface area contributed by atoms with Crippen LogP contribution < -0.4 is 15.6 Å². The lowest BCUT2D eigenvalue weighted by molar-refractivity contribution is -0.132. The minimum absolute atomic E-state index is 0.212. The second-order valence-electron chi connectivity index (χ2n) is 5.83. The first-order valence-electron chi connectivity index (χ1n) is 8.34. The summed E-state index contributed by atoms with van der Waals surface area (Å²) in [5.41, 5.74) is 4.75. The Balaban J connectivity index is 1.57. The fourth-order valence-corrected chi connectivity index (χ4v) is 5.32. The monoisotopic (exact) mass is 386 g/mol. The molecular weight excluding hydrogens is 363 g/mol. The molecule has 2 atom stereocenters. The van der Waals surface area contributed by atoms with Crippen LogP contribution in [0.2, 0.25) is 0 Å². The summed E-state index contributed by atoms with van der Waals surface area (Å²) in [5.74, 6) is 0.563. The summed E-state index contributed by atoms with van der Waals surface area (Å²) < 4.78 is 18.2. The number of ether oxygens (including phenoxy) is 1. The predicted molar refractivity (Wildman–Crippen MR) is 99.7 cm³/mol. The highest BCUT2D eigenvalue weighted by Crippen LogP contribution is 2.39. The topological polar surface area (TPSA) is 67.4 Å². The number of benzene rings is 1. The lowest BCUT2D eigenvalue weighted by atomic mass is 10.1. The van der Waals surface area contributed by atoms with E-state index < -0.39 is 12.0 Å². The van der Waals surface area contributed by atoms with Gasteiger partial charge in [-0.3, -0.25) is 20.4 Å². The largest absolute Gasteiger partial charge is 0.481 e. The summed E-state index contributed by atoms with van der Waals surface area (Å²) in [6.07, 6.45) is 3.80. The Morgan fingerprint density at radius 2 is 2.04 bits per heavy atom. The van der Waals surface area contributed by atoms with Crippen LogP contribution in [0.15, 0.2) is 24.3 Å². The first-order valence-corrected chi connectivity index (χ1v) is 10.7. The van der Waals surface area contributed by atoms with E-state index in [1.54, 1.807) is 6.92 Å². The Kier molecular flexibility index (Phi) is 8.40. The normalized spacial score (nSPS) is 17.8. The molecule has 138 valence electrons. The number of carbonyl (C=O) groups excluding carboxylic acids is 2. The van der Waals surface area contributed by atoms with E-state index >= 15 is 0 Å². The molecule has 2 rings (SSSR count). The smallest absolute Gasteiger partial charge is 0.279 e. The van der Waals surface area contributed by atoms with Gasteiger partial charge in [0, 0.05) is 17.4 Å². The van der Waals surface area contributed by atoms with Crippen LogP contribution in [0.3, 0.4) is 0 Å². The third-order valence-corrected chi connectivity index (χ3v) is 6.73. The van der Waals surface area contributed by atoms with Crippen molar-refractivity contribution < 1.29 is 18.7 Å². The van der Waals surface area contributed by atoms with Crippen molar-refractivity contribution in [1.82, 2.24) is 10.9 Å². The van der Waals surface area contributed by atoms with Gasteiger partial charge in [-0.15, -0.1) is 0 Å². The summed E-state index contributed by atoms with van der Waals surface area (Å²) in [4.78, 5) is 23.6. The van der Waals surface area contributed by atoms with Gasteiger partial charge in [0.15, 0.2) is 6.10 Å². The average Bonchev–Trinajstić information content (AvgIpc) is 3.12. The number of carbonyl (C=O) groups is 2. The predicted octanol–water partition coefficient (Wildman–Crippen LogP) is 3.45. The van der Waals surface area contributed by atoms with Gasteiger partial charge in [-0.25, -0.2) is 4.39 Å². The second-order valence-corrected chi connectivity index (χ2v) is 8.61. The van der Waals surface area contributed by atoms with Gasteiger partial charge in [0.25, 0.3) is 5.91 Å². The molecule has 1 heterocycles. The number of nitrogens with one attached hydrogen (secondary N) is 2. The number of rotatable bonds is 8. The molecule has 8 heteroatoms. The average molecular weight is 387 g/mol. The highest BCUT2D eigenvalue weighted by atomic mass is 33.1. The van der Waals surface area contributed by atoms with Gasteiger partial charge in [-0.2, -0.15) is 0 Å². The van der Waals surface area contributed by atoms with Crippen LogP contribution in [-0.4, -0.2) is 28.9 Å². The van der Waals surface area contributed by atoms with Crippen molar-refractivity contribution in [3.63, 3.8) is 0 Å². The molecule has 1 aliphatic rings. The first kappa shape index (κ1) is 19.9. The van der Waals surface area contributed by atoms with E-state index in [2.05, 4.69) is 10.9 Å². The first-order chi connectivity index (χ1) is 12.0. The number of unbranched alkanes of at least 4 members (excludes halogenated alkanes) is 1. The molecule has 0 radical (unpaired) electrons. The summed E-state index contributed by atoms with van der Waals surface area (Å²) in [7, 11) is 3.87. The van der Waals surface area contributed by atoms with Gasteiger partial charge in [0.1, 0.15) is 11.6 Å². The van der Waals surface area contributed by atoms with Crippen LogP contribution in [0, 0.1) is 5.82 Å². The molecule has 2 N–H and O–H groups in total. The standard InChI is InChI=1S/C17H23FN2O3S2/c1-12(23-14-8-6-13(18)7-9-14)17(22)20-19-16(21)5-3-2-4-15-10-11-24-25-15/h6-9,12,15H,2-5,10-11H2,1H3,(H,19,21)(H,20,22). The minimum atomic E-state index is -0.803. The van der Waals surface area contributed by atoms with E-state index in [4.69, 9.17) is 4.74 Å². The van der Waals surface area contributed by atoms with Crippen molar-refractivity contribution in [2.75, 3.05) is 5.75 Å². The zero-order valence-electron chi connectivity index (χ0n) is 14.1. The van der Waals surface area contributed by atoms with Crippen LogP contribution in [-0.2, 0) is 9.59 Å². The molecule has 1 fully saturated rings. The van der Waals surface area contributed by atoms with Crippen LogP contribution >= 0.6 is 21.6 Å². The molecule has 0 aromatic heterocycles. The highest BCUT2D eigenvalue weighted by molar-refractivity contribution is 8.77. The molecule has 0 aliphatic carbocycles. The maximum atomic E-state index is 12.8. The molecule has 1 aromatic carbocycles. The SMILES string of the molecule is CC(Oc1ccc(F)cc1)C(=O)NNC(=O)CCCCC1CCSS1. The van der Waals surface area contributed by atoms with Crippen molar-refractivity contribution in [2.45, 2.75) is 50.4 Å². The molecule has 0 bridgehead atoms. The van der Waals surface area contributed by atoms with Gasteiger partial charge < -0.3 is 4.74 Å². The molecule has 0 saturated carbocycles. The maximum absolute atomic E-state index is 12.8. The molecular formula is C17H23FN2O3S2. The summed E-state index contributed by atoms with van der Waals surface area (Å²) in [6, 6.07) is 5.40. The molecule has 5 nitrogen and oxygen atoms in total. The summed E-state index contributed by atoms with van der Waals surface area (Å²) in [5, 5.41) is 0.720. The molecule has 1 saturated heterocycles. The Labute approximate surface area is 155 Å². The van der Waals surface area contributed by atoms with Crippen LogP contribution in [0.1, 0.15) is 39.0 Å². The molecule has 1 aromatic rings. The van der Waals surface area contributed by atoms with E-state index in [1.807, 2.05) is 21.6 Å². The van der Waals surface area contributed by atoms with Crippen molar-refractivity contribution in [2.24, 2.45) is 0 Å². The van der Waals surface area contributed by atoms with Crippen molar-refractivity contribution in [1.29, 1.82) is 0 Å². The molecule has 1 aliphatic heterocycles. The van der Waals surface area contributed by atoms with Crippen LogP contribution in [0.4, 0.5) is 4.39 Å². The van der Waals surface area contributed by atoms with E-state index in [-0.39, 0.29) is 11.7 Å². The number of halogens is 1. The number of hydrazine groups is 1. The second kappa shape index (κ2) is 10.6. The molecule has 2 unspecified atom stereocenters. The third-order valence-electron chi connectivity index (χ3n) is 3.73. The maximum Gasteiger partial charge on any atom is 0.279 e. The zero-order valence-corrected chi connectivity index (χ0v) is 15.8. The van der Waals surface area contributed by atoms with E-state index in [9.17, 15) is 14.0 Å². The number of hydrogen-bond donors (Lipinski definition) is 2. The summed E-state index contributed by atoms with van der Waals surface area (Å²) >= 11 is 0. The van der Waals surface area contributed by atoms with Crippen LogP contribution in [0.5, 0.6) is 5.75 Å². The lowest BCUT2D eigenvalue weighted by Gasteiger charge is -2.15. The zero-order chi connectivity index (χ0) is 18.1. The fraction of sp³-hybridized carbons (Fsp3) is 0.529. The fourth-order valence-electron chi connectivity index (χ4n) is 2.29. The van der Waals surface area contributed by atoms with Crippen molar-refractivity contribution in [3.05, 3.63) is 30.1 Å². The summed E-state index contributed by atoms with van der Waals surface area (Å²) in [6.45, 7) is 1.56. The van der Waals surface area contributed by atoms with E-state index in [0.717, 1.165) is 24.5 Å². The van der Waals surface area contributed by atoms with E-state index in [1.165, 1.54) is 36.4 Å². The molecule has 25 heavy (non-hydrogen) atoms. The number of amides is 2. The Bertz CT molecular complexity index is 566. The Hall–Kier alpha value is -1.41. The van der Waals surface area contributed by atoms with Gasteiger partial charge >= 0.3 is 0 Å². The molecule has 2 amide bonds. The Morgan fingerprint density at radius 3 is 2.72 bits per heavy atom. The van der Waals surface area contributed by atoms with Crippen LogP contribution in [0.25, 0.3) is 0 Å². The van der Waals surface area contributed by atoms with Gasteiger partial charge in [0.05, 0.1) is 0 Å². The van der Waals surface area contributed by atoms with Gasteiger partial charge in [-0.05, 0) is 50.5 Å². The third kappa shape index (κ3) is 7.56. The van der Waals surface area contributed by atoms with Crippen molar-refractivity contribution in [3.8, 4) is 5.75 Å². The highest BCUT2D eigenvalue weighted by Gasteiger charge is 2.17. The number of hydrogen-bond acceptors (Lipinski definition) is 5. The quantitative estimate of drug-likeness (QED) is 0.407. The minimum Gasteiger partial charge on any atom is -0.481 e. The van der Waals surface area contributed by atoms with E-state index in [0.29, 0.717) is 12.2 Å². The van der Waals surface area contributed by atoms with Crippen molar-refractivity contribution >= 4 is 33.4 Å². The van der Waals surface area contributed by atoms with Gasteiger partial charge in [0.2, 0.25) is 5.91 Å². The lowest BCUT2D eigenvalue weighted by Crippen LogP contribution is -2.47. The van der Waals surface area contributed by atoms with Gasteiger partial charge in [-0.1, -0.05) is 28.0 Å².